The molecule has 1 amide bonds. The summed E-state index contributed by atoms with van der Waals surface area (Å²) in [5, 5.41) is 18.0. The molecule has 2 fully saturated rings. The summed E-state index contributed by atoms with van der Waals surface area (Å²) in [5.74, 6) is 0.471. The van der Waals surface area contributed by atoms with E-state index in [0.29, 0.717) is 31.2 Å². The highest BCUT2D eigenvalue weighted by molar-refractivity contribution is 7.13. The van der Waals surface area contributed by atoms with Crippen molar-refractivity contribution in [1.29, 1.82) is 0 Å². The van der Waals surface area contributed by atoms with Crippen molar-refractivity contribution in [3.8, 4) is 0 Å². The van der Waals surface area contributed by atoms with Gasteiger partial charge >= 0.3 is 0 Å². The molecule has 1 aromatic heterocycles. The minimum absolute atomic E-state index is 0.0742. The van der Waals surface area contributed by atoms with Gasteiger partial charge in [-0.3, -0.25) is 19.3 Å². The molecule has 1 atom stereocenters. The van der Waals surface area contributed by atoms with Crippen molar-refractivity contribution < 1.29 is 19.4 Å². The molecule has 3 rings (SSSR count). The van der Waals surface area contributed by atoms with Gasteiger partial charge in [0, 0.05) is 58.9 Å². The highest BCUT2D eigenvalue weighted by Crippen LogP contribution is 2.13. The Labute approximate surface area is 149 Å². The number of aliphatic hydroxyl groups is 2. The van der Waals surface area contributed by atoms with Crippen LogP contribution >= 0.6 is 9.39 Å². The predicted molar refractivity (Wildman–Crippen MR) is 93.6 cm³/mol. The van der Waals surface area contributed by atoms with Crippen LogP contribution in [0.1, 0.15) is 16.4 Å². The van der Waals surface area contributed by atoms with Crippen LogP contribution in [0.5, 0.6) is 0 Å². The second-order valence-corrected chi connectivity index (χ2v) is 7.24. The van der Waals surface area contributed by atoms with Gasteiger partial charge in [-0.05, 0) is 0 Å². The first-order valence-electron chi connectivity index (χ1n) is 8.55. The van der Waals surface area contributed by atoms with E-state index < -0.39 is 6.29 Å². The molecule has 0 radical (unpaired) electrons. The third-order valence-electron chi connectivity index (χ3n) is 4.62. The number of oxazole rings is 1. The zero-order valence-electron chi connectivity index (χ0n) is 14.3. The number of carbonyl (C=O) groups excluding carboxylic acids is 1. The van der Waals surface area contributed by atoms with Crippen LogP contribution in [0.25, 0.3) is 0 Å². The maximum atomic E-state index is 12.5. The van der Waals surface area contributed by atoms with Crippen LogP contribution < -0.4 is 0 Å². The van der Waals surface area contributed by atoms with Crippen molar-refractivity contribution >= 4 is 15.3 Å². The number of nitrogens with zero attached hydrogens (tertiary/aromatic N) is 5. The largest absolute Gasteiger partial charge is 0.447 e. The van der Waals surface area contributed by atoms with Crippen molar-refractivity contribution in [3.63, 3.8) is 0 Å². The van der Waals surface area contributed by atoms with Gasteiger partial charge in [-0.2, -0.15) is 0 Å². The Hall–Kier alpha value is -1.09. The van der Waals surface area contributed by atoms with Crippen LogP contribution in [0.2, 0.25) is 0 Å². The molecule has 25 heavy (non-hydrogen) atoms. The Morgan fingerprint density at radius 2 is 1.76 bits per heavy atom. The van der Waals surface area contributed by atoms with Crippen LogP contribution in [0, 0.1) is 0 Å². The number of amides is 1. The average molecular weight is 371 g/mol. The lowest BCUT2D eigenvalue weighted by Gasteiger charge is -2.34. The molecule has 2 saturated heterocycles. The highest BCUT2D eigenvalue weighted by Gasteiger charge is 2.24. The average Bonchev–Trinajstić information content (AvgIpc) is 3.05. The Kier molecular flexibility index (Phi) is 6.38. The number of aliphatic hydroxyl groups excluding tert-OH is 1. The van der Waals surface area contributed by atoms with Crippen molar-refractivity contribution in [3.05, 3.63) is 17.8 Å². The van der Waals surface area contributed by atoms with E-state index in [1.54, 1.807) is 4.90 Å². The molecule has 0 aromatic carbocycles. The van der Waals surface area contributed by atoms with Gasteiger partial charge in [0.15, 0.2) is 12.0 Å². The first-order valence-corrected chi connectivity index (χ1v) is 9.07. The van der Waals surface area contributed by atoms with Crippen LogP contribution in [-0.2, 0) is 6.54 Å². The standard InChI is InChI=1S/C15H26N5O4P/c21-14(22)10-18-3-1-17(2-4-18)9-13-16-12(11-24-13)15(23)19-5-7-20(25)8-6-19/h11,14,21-22H,1-10,25H2. The molecule has 9 nitrogen and oxygen atoms in total. The van der Waals surface area contributed by atoms with Crippen molar-refractivity contribution in [1.82, 2.24) is 24.4 Å². The third-order valence-corrected chi connectivity index (χ3v) is 5.13. The molecule has 0 spiro atoms. The maximum absolute atomic E-state index is 12.5. The summed E-state index contributed by atoms with van der Waals surface area (Å²) in [7, 11) is 2.66. The third kappa shape index (κ3) is 5.20. The van der Waals surface area contributed by atoms with Crippen LogP contribution in [0.15, 0.2) is 10.7 Å². The van der Waals surface area contributed by atoms with E-state index in [-0.39, 0.29) is 12.5 Å². The molecular formula is C15H26N5O4P. The lowest BCUT2D eigenvalue weighted by molar-refractivity contribution is -0.0676. The van der Waals surface area contributed by atoms with Gasteiger partial charge in [0.25, 0.3) is 5.91 Å². The molecule has 2 N–H and O–H groups in total. The molecule has 1 aromatic rings. The summed E-state index contributed by atoms with van der Waals surface area (Å²) in [5.41, 5.74) is 0.370. The molecule has 1 unspecified atom stereocenters. The van der Waals surface area contributed by atoms with E-state index in [0.717, 1.165) is 39.3 Å². The number of rotatable bonds is 5. The van der Waals surface area contributed by atoms with E-state index in [9.17, 15) is 4.79 Å². The zero-order chi connectivity index (χ0) is 17.8. The summed E-state index contributed by atoms with van der Waals surface area (Å²) in [6.45, 7) is 7.04. The fourth-order valence-corrected chi connectivity index (χ4v) is 3.35. The smallest absolute Gasteiger partial charge is 0.275 e. The van der Waals surface area contributed by atoms with Crippen LogP contribution in [0.4, 0.5) is 0 Å². The lowest BCUT2D eigenvalue weighted by atomic mass is 10.3. The molecule has 10 heteroatoms. The predicted octanol–water partition coefficient (Wildman–Crippen LogP) is -1.35. The summed E-state index contributed by atoms with van der Waals surface area (Å²) < 4.78 is 7.60. The lowest BCUT2D eigenvalue weighted by Crippen LogP contribution is -2.48. The fraction of sp³-hybridized carbons (Fsp3) is 0.733. The Morgan fingerprint density at radius 1 is 1.12 bits per heavy atom. The topological polar surface area (TPSA) is 96.5 Å². The molecule has 0 aliphatic carbocycles. The van der Waals surface area contributed by atoms with Gasteiger partial charge in [0.05, 0.1) is 6.54 Å². The summed E-state index contributed by atoms with van der Waals surface area (Å²) in [6.07, 6.45) is 0.156. The number of hydrogen-bond acceptors (Lipinski definition) is 8. The van der Waals surface area contributed by atoms with E-state index in [4.69, 9.17) is 14.6 Å². The number of aromatic nitrogens is 1. The first kappa shape index (κ1) is 18.7. The molecule has 0 saturated carbocycles. The minimum Gasteiger partial charge on any atom is -0.447 e. The Balaban J connectivity index is 1.48. The van der Waals surface area contributed by atoms with Crippen LogP contribution in [0.3, 0.4) is 0 Å². The van der Waals surface area contributed by atoms with E-state index in [1.807, 2.05) is 4.90 Å². The fourth-order valence-electron chi connectivity index (χ4n) is 3.12. The number of piperazine rings is 2. The molecule has 0 bridgehead atoms. The van der Waals surface area contributed by atoms with Crippen LogP contribution in [-0.4, -0.2) is 106 Å². The normalized spacial score (nSPS) is 21.2. The number of carbonyl (C=O) groups is 1. The Bertz CT molecular complexity index is 568. The Morgan fingerprint density at radius 3 is 2.40 bits per heavy atom. The summed E-state index contributed by atoms with van der Waals surface area (Å²) in [6, 6.07) is 0. The zero-order valence-corrected chi connectivity index (χ0v) is 15.4. The molecular weight excluding hydrogens is 345 g/mol. The van der Waals surface area contributed by atoms with Gasteiger partial charge in [-0.1, -0.05) is 9.39 Å². The van der Waals surface area contributed by atoms with E-state index in [2.05, 4.69) is 23.9 Å². The van der Waals surface area contributed by atoms with Crippen molar-refractivity contribution in [2.75, 3.05) is 58.9 Å². The molecule has 140 valence electrons. The van der Waals surface area contributed by atoms with Gasteiger partial charge in [0.2, 0.25) is 5.89 Å². The first-order chi connectivity index (χ1) is 12.0. The minimum atomic E-state index is -1.29. The number of β-amino-alcohol motifs (C(OH)–C–C–N with tert-alkyl or cyclic N) is 2. The quantitative estimate of drug-likeness (QED) is 0.485. The summed E-state index contributed by atoms with van der Waals surface area (Å²) >= 11 is 0. The van der Waals surface area contributed by atoms with Gasteiger partial charge in [-0.15, -0.1) is 0 Å². The van der Waals surface area contributed by atoms with E-state index in [1.165, 1.54) is 6.26 Å². The SMILES string of the molecule is O=C(c1coc(CN2CCN(CC(O)O)CC2)n1)N1CCN(P)CC1. The highest BCUT2D eigenvalue weighted by atomic mass is 31.0. The van der Waals surface area contributed by atoms with E-state index >= 15 is 0 Å². The van der Waals surface area contributed by atoms with Gasteiger partial charge in [-0.25, -0.2) is 4.98 Å². The van der Waals surface area contributed by atoms with Crippen molar-refractivity contribution in [2.24, 2.45) is 0 Å². The molecule has 2 aliphatic rings. The monoisotopic (exact) mass is 371 g/mol. The molecule has 2 aliphatic heterocycles. The van der Waals surface area contributed by atoms with Gasteiger partial charge in [0.1, 0.15) is 6.26 Å². The second-order valence-electron chi connectivity index (χ2n) is 6.51. The summed E-state index contributed by atoms with van der Waals surface area (Å²) in [4.78, 5) is 22.8. The maximum Gasteiger partial charge on any atom is 0.275 e. The second kappa shape index (κ2) is 8.53. The molecule has 3 heterocycles. The number of hydrogen-bond donors (Lipinski definition) is 2. The van der Waals surface area contributed by atoms with Crippen molar-refractivity contribution in [2.45, 2.75) is 12.8 Å². The van der Waals surface area contributed by atoms with Gasteiger partial charge < -0.3 is 19.5 Å².